The summed E-state index contributed by atoms with van der Waals surface area (Å²) >= 11 is 6.18. The van der Waals surface area contributed by atoms with Gasteiger partial charge in [-0.05, 0) is 25.1 Å². The summed E-state index contributed by atoms with van der Waals surface area (Å²) in [6.45, 7) is 2.22. The van der Waals surface area contributed by atoms with Crippen molar-refractivity contribution < 1.29 is 9.21 Å². The zero-order chi connectivity index (χ0) is 20.2. The molecule has 6 nitrogen and oxygen atoms in total. The summed E-state index contributed by atoms with van der Waals surface area (Å²) in [6, 6.07) is 15.2. The second-order valence-electron chi connectivity index (χ2n) is 6.62. The number of fused-ring (bicyclic) bond motifs is 1. The normalized spacial score (nSPS) is 11.0. The maximum atomic E-state index is 12.2. The van der Waals surface area contributed by atoms with Gasteiger partial charge in [-0.25, -0.2) is 15.0 Å². The third kappa shape index (κ3) is 4.43. The van der Waals surface area contributed by atoms with Crippen molar-refractivity contribution in [3.63, 3.8) is 0 Å². The van der Waals surface area contributed by atoms with E-state index in [0.29, 0.717) is 28.9 Å². The molecule has 0 bridgehead atoms. The van der Waals surface area contributed by atoms with Gasteiger partial charge in [-0.15, -0.1) is 0 Å². The van der Waals surface area contributed by atoms with Gasteiger partial charge in [-0.1, -0.05) is 41.9 Å². The Labute approximate surface area is 173 Å². The number of para-hydroxylation sites is 1. The fraction of sp³-hybridized carbons (Fsp3) is 0.182. The lowest BCUT2D eigenvalue weighted by Gasteiger charge is -2.07. The number of benzene rings is 2. The summed E-state index contributed by atoms with van der Waals surface area (Å²) in [5, 5.41) is 4.46. The average molecular weight is 407 g/mol. The highest BCUT2D eigenvalue weighted by molar-refractivity contribution is 6.33. The van der Waals surface area contributed by atoms with Crippen LogP contribution < -0.4 is 5.32 Å². The van der Waals surface area contributed by atoms with Gasteiger partial charge in [0.15, 0.2) is 11.7 Å². The number of oxazole rings is 1. The van der Waals surface area contributed by atoms with Crippen molar-refractivity contribution in [1.29, 1.82) is 0 Å². The zero-order valence-corrected chi connectivity index (χ0v) is 16.6. The number of rotatable bonds is 6. The summed E-state index contributed by atoms with van der Waals surface area (Å²) < 4.78 is 5.73. The fourth-order valence-corrected chi connectivity index (χ4v) is 3.30. The zero-order valence-electron chi connectivity index (χ0n) is 15.9. The van der Waals surface area contributed by atoms with E-state index in [2.05, 4.69) is 20.3 Å². The minimum absolute atomic E-state index is 0.114. The van der Waals surface area contributed by atoms with Crippen LogP contribution in [0, 0.1) is 6.92 Å². The number of aryl methyl sites for hydroxylation is 2. The average Bonchev–Trinajstić information content (AvgIpc) is 3.20. The highest BCUT2D eigenvalue weighted by Crippen LogP contribution is 2.28. The molecular weight excluding hydrogens is 388 g/mol. The quantitative estimate of drug-likeness (QED) is 0.510. The first-order chi connectivity index (χ1) is 14.1. The molecule has 1 amide bonds. The topological polar surface area (TPSA) is 80.9 Å². The second-order valence-corrected chi connectivity index (χ2v) is 7.02. The van der Waals surface area contributed by atoms with Gasteiger partial charge in [0.1, 0.15) is 5.82 Å². The Balaban J connectivity index is 1.34. The largest absolute Gasteiger partial charge is 0.441 e. The maximum Gasteiger partial charge on any atom is 0.220 e. The van der Waals surface area contributed by atoms with Crippen molar-refractivity contribution in [3.05, 3.63) is 77.2 Å². The highest BCUT2D eigenvalue weighted by Gasteiger charge is 2.12. The van der Waals surface area contributed by atoms with Crippen molar-refractivity contribution in [2.45, 2.75) is 26.3 Å². The molecule has 0 saturated heterocycles. The number of carbonyl (C=O) groups excluding carboxylic acids is 1. The molecule has 0 atom stereocenters. The SMILES string of the molecule is Cc1nc(CNC(=O)CCc2ncc(-c3ccccc3Cl)o2)nc2ccccc12. The molecule has 0 unspecified atom stereocenters. The number of amides is 1. The van der Waals surface area contributed by atoms with Crippen LogP contribution in [0.2, 0.25) is 5.02 Å². The van der Waals surface area contributed by atoms with E-state index in [-0.39, 0.29) is 18.9 Å². The predicted molar refractivity (Wildman–Crippen MR) is 111 cm³/mol. The monoisotopic (exact) mass is 406 g/mol. The first-order valence-corrected chi connectivity index (χ1v) is 9.66. The summed E-state index contributed by atoms with van der Waals surface area (Å²) in [7, 11) is 0. The van der Waals surface area contributed by atoms with Crippen molar-refractivity contribution in [1.82, 2.24) is 20.3 Å². The summed E-state index contributed by atoms with van der Waals surface area (Å²) in [5.74, 6) is 1.56. The molecule has 4 aromatic rings. The van der Waals surface area contributed by atoms with Gasteiger partial charge < -0.3 is 9.73 Å². The highest BCUT2D eigenvalue weighted by atomic mass is 35.5. The van der Waals surface area contributed by atoms with E-state index >= 15 is 0 Å². The molecule has 146 valence electrons. The Kier molecular flexibility index (Phi) is 5.53. The van der Waals surface area contributed by atoms with Crippen LogP contribution in [0.4, 0.5) is 0 Å². The third-order valence-corrected chi connectivity index (χ3v) is 4.87. The van der Waals surface area contributed by atoms with E-state index in [1.54, 1.807) is 12.3 Å². The van der Waals surface area contributed by atoms with E-state index in [1.807, 2.05) is 49.4 Å². The lowest BCUT2D eigenvalue weighted by atomic mass is 10.2. The number of hydrogen-bond acceptors (Lipinski definition) is 5. The van der Waals surface area contributed by atoms with Crippen molar-refractivity contribution in [3.8, 4) is 11.3 Å². The standard InChI is InChI=1S/C22H19ClN4O2/c1-14-15-6-3-5-9-18(15)27-20(26-14)13-24-21(28)10-11-22-25-12-19(29-22)16-7-2-4-8-17(16)23/h2-9,12H,10-11,13H2,1H3,(H,24,28). The van der Waals surface area contributed by atoms with Gasteiger partial charge in [-0.3, -0.25) is 4.79 Å². The van der Waals surface area contributed by atoms with Crippen molar-refractivity contribution in [2.75, 3.05) is 0 Å². The Morgan fingerprint density at radius 3 is 2.76 bits per heavy atom. The van der Waals surface area contributed by atoms with Gasteiger partial charge in [0.05, 0.1) is 23.3 Å². The van der Waals surface area contributed by atoms with Gasteiger partial charge in [0.25, 0.3) is 0 Å². The van der Waals surface area contributed by atoms with E-state index in [1.165, 1.54) is 0 Å². The van der Waals surface area contributed by atoms with Crippen LogP contribution in [0.25, 0.3) is 22.2 Å². The first-order valence-electron chi connectivity index (χ1n) is 9.29. The number of nitrogens with one attached hydrogen (secondary N) is 1. The molecule has 0 aliphatic carbocycles. The first kappa shape index (κ1) is 19.1. The number of carbonyl (C=O) groups is 1. The molecule has 2 aromatic heterocycles. The lowest BCUT2D eigenvalue weighted by Crippen LogP contribution is -2.24. The molecule has 0 saturated carbocycles. The predicted octanol–water partition coefficient (Wildman–Crippen LogP) is 4.50. The summed E-state index contributed by atoms with van der Waals surface area (Å²) in [4.78, 5) is 25.4. The molecular formula is C22H19ClN4O2. The Morgan fingerprint density at radius 2 is 1.90 bits per heavy atom. The fourth-order valence-electron chi connectivity index (χ4n) is 3.07. The van der Waals surface area contributed by atoms with E-state index < -0.39 is 0 Å². The van der Waals surface area contributed by atoms with Crippen LogP contribution in [0.1, 0.15) is 23.8 Å². The van der Waals surface area contributed by atoms with Crippen LogP contribution >= 0.6 is 11.6 Å². The Hall–Kier alpha value is -3.25. The molecule has 0 spiro atoms. The number of hydrogen-bond donors (Lipinski definition) is 1. The lowest BCUT2D eigenvalue weighted by molar-refractivity contribution is -0.121. The summed E-state index contributed by atoms with van der Waals surface area (Å²) in [5.41, 5.74) is 2.55. The number of nitrogens with zero attached hydrogens (tertiary/aromatic N) is 3. The van der Waals surface area contributed by atoms with Crippen LogP contribution in [0.5, 0.6) is 0 Å². The van der Waals surface area contributed by atoms with Crippen LogP contribution in [-0.4, -0.2) is 20.9 Å². The molecule has 2 heterocycles. The van der Waals surface area contributed by atoms with Crippen LogP contribution in [-0.2, 0) is 17.8 Å². The smallest absolute Gasteiger partial charge is 0.220 e. The van der Waals surface area contributed by atoms with Gasteiger partial charge in [-0.2, -0.15) is 0 Å². The Bertz CT molecular complexity index is 1170. The van der Waals surface area contributed by atoms with Gasteiger partial charge in [0, 0.05) is 29.5 Å². The molecule has 2 aromatic carbocycles. The van der Waals surface area contributed by atoms with Gasteiger partial charge >= 0.3 is 0 Å². The minimum atomic E-state index is -0.114. The van der Waals surface area contributed by atoms with E-state index in [4.69, 9.17) is 16.0 Å². The Morgan fingerprint density at radius 1 is 1.10 bits per heavy atom. The van der Waals surface area contributed by atoms with Gasteiger partial charge in [0.2, 0.25) is 5.91 Å². The van der Waals surface area contributed by atoms with Crippen LogP contribution in [0.15, 0.2) is 59.1 Å². The van der Waals surface area contributed by atoms with Crippen LogP contribution in [0.3, 0.4) is 0 Å². The van der Waals surface area contributed by atoms with E-state index in [0.717, 1.165) is 22.2 Å². The number of aromatic nitrogens is 3. The molecule has 0 radical (unpaired) electrons. The summed E-state index contributed by atoms with van der Waals surface area (Å²) in [6.07, 6.45) is 2.28. The minimum Gasteiger partial charge on any atom is -0.441 e. The maximum absolute atomic E-state index is 12.2. The van der Waals surface area contributed by atoms with Crippen molar-refractivity contribution >= 4 is 28.4 Å². The molecule has 4 rings (SSSR count). The second kappa shape index (κ2) is 8.41. The molecule has 0 fully saturated rings. The number of halogens is 1. The molecule has 1 N–H and O–H groups in total. The molecule has 0 aliphatic rings. The molecule has 0 aliphatic heterocycles. The van der Waals surface area contributed by atoms with Crippen molar-refractivity contribution in [2.24, 2.45) is 0 Å². The third-order valence-electron chi connectivity index (χ3n) is 4.54. The van der Waals surface area contributed by atoms with E-state index in [9.17, 15) is 4.79 Å². The molecule has 7 heteroatoms. The molecule has 29 heavy (non-hydrogen) atoms.